The van der Waals surface area contributed by atoms with Gasteiger partial charge in [0.25, 0.3) is 0 Å². The van der Waals surface area contributed by atoms with Crippen LogP contribution in [0.1, 0.15) is 48.3 Å². The molecule has 1 aromatic rings. The van der Waals surface area contributed by atoms with Crippen molar-refractivity contribution in [1.29, 1.82) is 0 Å². The van der Waals surface area contributed by atoms with Gasteiger partial charge in [0.1, 0.15) is 0 Å². The fourth-order valence-corrected chi connectivity index (χ4v) is 1.79. The van der Waals surface area contributed by atoms with Crippen LogP contribution in [0.5, 0.6) is 0 Å². The summed E-state index contributed by atoms with van der Waals surface area (Å²) in [5, 5.41) is 19.0. The van der Waals surface area contributed by atoms with Crippen molar-refractivity contribution in [2.24, 2.45) is 0 Å². The minimum Gasteiger partial charge on any atom is -0.389 e. The maximum absolute atomic E-state index is 9.52. The Labute approximate surface area is 85.2 Å². The third kappa shape index (κ3) is 2.14. The van der Waals surface area contributed by atoms with Crippen LogP contribution in [0.4, 0.5) is 0 Å². The van der Waals surface area contributed by atoms with Gasteiger partial charge >= 0.3 is 0 Å². The van der Waals surface area contributed by atoms with Crippen molar-refractivity contribution in [3.8, 4) is 0 Å². The van der Waals surface area contributed by atoms with Gasteiger partial charge in [-0.05, 0) is 49.9 Å². The number of rotatable bonds is 2. The van der Waals surface area contributed by atoms with E-state index >= 15 is 0 Å². The molecule has 0 aromatic heterocycles. The molecule has 78 valence electrons. The Bertz CT molecular complexity index is 298. The second kappa shape index (κ2) is 4.11. The Hall–Kier alpha value is -0.860. The quantitative estimate of drug-likeness (QED) is 0.759. The van der Waals surface area contributed by atoms with E-state index in [2.05, 4.69) is 0 Å². The van der Waals surface area contributed by atoms with E-state index in [0.29, 0.717) is 0 Å². The molecule has 1 rings (SSSR count). The third-order valence-corrected chi connectivity index (χ3v) is 2.55. The Morgan fingerprint density at radius 2 is 1.21 bits per heavy atom. The number of aliphatic hydroxyl groups excluding tert-OH is 2. The van der Waals surface area contributed by atoms with Crippen LogP contribution < -0.4 is 0 Å². The molecule has 0 amide bonds. The molecule has 0 fully saturated rings. The molecule has 14 heavy (non-hydrogen) atoms. The summed E-state index contributed by atoms with van der Waals surface area (Å²) < 4.78 is 0. The summed E-state index contributed by atoms with van der Waals surface area (Å²) in [5.74, 6) is 0. The summed E-state index contributed by atoms with van der Waals surface area (Å²) in [5.41, 5.74) is 3.93. The fraction of sp³-hybridized carbons (Fsp3) is 0.500. The first-order valence-corrected chi connectivity index (χ1v) is 4.90. The van der Waals surface area contributed by atoms with Crippen LogP contribution >= 0.6 is 0 Å². The maximum atomic E-state index is 9.52. The molecule has 0 spiro atoms. The number of aliphatic hydroxyl groups is 2. The van der Waals surface area contributed by atoms with E-state index in [4.69, 9.17) is 0 Å². The Morgan fingerprint density at radius 3 is 1.50 bits per heavy atom. The van der Waals surface area contributed by atoms with Gasteiger partial charge < -0.3 is 10.2 Å². The average Bonchev–Trinajstić information content (AvgIpc) is 2.02. The van der Waals surface area contributed by atoms with Crippen molar-refractivity contribution in [2.45, 2.75) is 39.9 Å². The summed E-state index contributed by atoms with van der Waals surface area (Å²) in [6.45, 7) is 7.43. The van der Waals surface area contributed by atoms with E-state index < -0.39 is 12.2 Å². The van der Waals surface area contributed by atoms with Crippen LogP contribution in [-0.2, 0) is 0 Å². The zero-order valence-electron chi connectivity index (χ0n) is 9.20. The Morgan fingerprint density at radius 1 is 0.857 bits per heavy atom. The van der Waals surface area contributed by atoms with Crippen LogP contribution in [0.3, 0.4) is 0 Å². The van der Waals surface area contributed by atoms with Gasteiger partial charge in [-0.1, -0.05) is 12.1 Å². The number of benzene rings is 1. The Balaban J connectivity index is 3.27. The summed E-state index contributed by atoms with van der Waals surface area (Å²) in [6.07, 6.45) is -0.957. The molecule has 2 heteroatoms. The van der Waals surface area contributed by atoms with Gasteiger partial charge in [-0.15, -0.1) is 0 Å². The highest BCUT2D eigenvalue weighted by atomic mass is 16.3. The number of hydrogen-bond acceptors (Lipinski definition) is 2. The van der Waals surface area contributed by atoms with Crippen LogP contribution in [0.15, 0.2) is 12.1 Å². The molecule has 2 nitrogen and oxygen atoms in total. The highest BCUT2D eigenvalue weighted by molar-refractivity contribution is 5.39. The van der Waals surface area contributed by atoms with Crippen molar-refractivity contribution in [1.82, 2.24) is 0 Å². The zero-order valence-corrected chi connectivity index (χ0v) is 9.20. The first kappa shape index (κ1) is 11.2. The Kier molecular flexibility index (Phi) is 3.29. The average molecular weight is 194 g/mol. The predicted molar refractivity (Wildman–Crippen MR) is 57.2 cm³/mol. The molecular formula is C12H18O2. The van der Waals surface area contributed by atoms with Crippen LogP contribution in [0.2, 0.25) is 0 Å². The molecule has 0 aliphatic heterocycles. The first-order valence-electron chi connectivity index (χ1n) is 4.90. The van der Waals surface area contributed by atoms with Gasteiger partial charge in [0.15, 0.2) is 0 Å². The van der Waals surface area contributed by atoms with Gasteiger partial charge in [0.2, 0.25) is 0 Å². The second-order valence-electron chi connectivity index (χ2n) is 3.92. The molecule has 2 atom stereocenters. The summed E-state index contributed by atoms with van der Waals surface area (Å²) in [6, 6.07) is 3.89. The third-order valence-electron chi connectivity index (χ3n) is 2.55. The van der Waals surface area contributed by atoms with E-state index in [-0.39, 0.29) is 0 Å². The lowest BCUT2D eigenvalue weighted by atomic mass is 9.95. The van der Waals surface area contributed by atoms with Gasteiger partial charge in [-0.2, -0.15) is 0 Å². The standard InChI is InChI=1S/C12H18O2/c1-7-5-8(2)12(10(4)14)6-11(7)9(3)13/h5-6,9-10,13-14H,1-4H3/t9-,10+. The molecule has 0 unspecified atom stereocenters. The maximum Gasteiger partial charge on any atom is 0.0764 e. The molecule has 0 radical (unpaired) electrons. The predicted octanol–water partition coefficient (Wildman–Crippen LogP) is 2.41. The molecule has 0 aliphatic rings. The molecule has 1 aromatic carbocycles. The van der Waals surface area contributed by atoms with Crippen LogP contribution in [0.25, 0.3) is 0 Å². The molecule has 0 saturated heterocycles. The lowest BCUT2D eigenvalue weighted by molar-refractivity contribution is 0.191. The lowest BCUT2D eigenvalue weighted by Gasteiger charge is -2.15. The minimum atomic E-state index is -0.479. The largest absolute Gasteiger partial charge is 0.389 e. The highest BCUT2D eigenvalue weighted by Crippen LogP contribution is 2.25. The summed E-state index contributed by atoms with van der Waals surface area (Å²) >= 11 is 0. The summed E-state index contributed by atoms with van der Waals surface area (Å²) in [4.78, 5) is 0. The van der Waals surface area contributed by atoms with E-state index in [1.807, 2.05) is 26.0 Å². The van der Waals surface area contributed by atoms with Crippen molar-refractivity contribution in [3.05, 3.63) is 34.4 Å². The smallest absolute Gasteiger partial charge is 0.0764 e. The van der Waals surface area contributed by atoms with Gasteiger partial charge in [-0.25, -0.2) is 0 Å². The normalized spacial score (nSPS) is 15.3. The second-order valence-corrected chi connectivity index (χ2v) is 3.92. The topological polar surface area (TPSA) is 40.5 Å². The molecule has 0 aliphatic carbocycles. The van der Waals surface area contributed by atoms with E-state index in [0.717, 1.165) is 22.3 Å². The van der Waals surface area contributed by atoms with E-state index in [9.17, 15) is 10.2 Å². The van der Waals surface area contributed by atoms with Crippen LogP contribution in [-0.4, -0.2) is 10.2 Å². The molecule has 0 bridgehead atoms. The number of hydrogen-bond donors (Lipinski definition) is 2. The SMILES string of the molecule is Cc1cc(C)c([C@@H](C)O)cc1[C@H](C)O. The van der Waals surface area contributed by atoms with Gasteiger partial charge in [0, 0.05) is 0 Å². The van der Waals surface area contributed by atoms with Crippen molar-refractivity contribution in [3.63, 3.8) is 0 Å². The fourth-order valence-electron chi connectivity index (χ4n) is 1.79. The molecule has 0 heterocycles. The first-order chi connectivity index (χ1) is 6.43. The van der Waals surface area contributed by atoms with Crippen molar-refractivity contribution < 1.29 is 10.2 Å². The number of aryl methyl sites for hydroxylation is 2. The highest BCUT2D eigenvalue weighted by Gasteiger charge is 2.11. The van der Waals surface area contributed by atoms with Crippen molar-refractivity contribution >= 4 is 0 Å². The summed E-state index contributed by atoms with van der Waals surface area (Å²) in [7, 11) is 0. The van der Waals surface area contributed by atoms with Gasteiger partial charge in [-0.3, -0.25) is 0 Å². The van der Waals surface area contributed by atoms with Crippen molar-refractivity contribution in [2.75, 3.05) is 0 Å². The van der Waals surface area contributed by atoms with Crippen LogP contribution in [0, 0.1) is 13.8 Å². The lowest BCUT2D eigenvalue weighted by Crippen LogP contribution is -2.02. The molecule has 2 N–H and O–H groups in total. The van der Waals surface area contributed by atoms with E-state index in [1.54, 1.807) is 13.8 Å². The molecule has 0 saturated carbocycles. The minimum absolute atomic E-state index is 0.479. The van der Waals surface area contributed by atoms with Gasteiger partial charge in [0.05, 0.1) is 12.2 Å². The monoisotopic (exact) mass is 194 g/mol. The molecular weight excluding hydrogens is 176 g/mol. The zero-order chi connectivity index (χ0) is 10.9. The van der Waals surface area contributed by atoms with E-state index in [1.165, 1.54) is 0 Å².